The highest BCUT2D eigenvalue weighted by Crippen LogP contribution is 2.26. The zero-order valence-corrected chi connectivity index (χ0v) is 19.5. The van der Waals surface area contributed by atoms with Gasteiger partial charge in [0.05, 0.1) is 17.7 Å². The van der Waals surface area contributed by atoms with Crippen molar-refractivity contribution < 1.29 is 17.9 Å². The predicted molar refractivity (Wildman–Crippen MR) is 128 cm³/mol. The van der Waals surface area contributed by atoms with Gasteiger partial charge in [-0.25, -0.2) is 8.42 Å². The summed E-state index contributed by atoms with van der Waals surface area (Å²) in [7, 11) is -2.43. The quantitative estimate of drug-likeness (QED) is 0.524. The molecule has 1 amide bonds. The minimum Gasteiger partial charge on any atom is -0.497 e. The molecule has 0 saturated carbocycles. The highest BCUT2D eigenvalue weighted by Gasteiger charge is 2.27. The van der Waals surface area contributed by atoms with E-state index in [0.717, 1.165) is 15.4 Å². The van der Waals surface area contributed by atoms with Crippen molar-refractivity contribution in [2.75, 3.05) is 23.3 Å². The molecule has 0 heterocycles. The Hall–Kier alpha value is -3.32. The van der Waals surface area contributed by atoms with Crippen molar-refractivity contribution in [2.24, 2.45) is 0 Å². The van der Waals surface area contributed by atoms with E-state index in [1.165, 1.54) is 7.11 Å². The third kappa shape index (κ3) is 5.48. The fourth-order valence-electron chi connectivity index (χ4n) is 3.18. The molecule has 0 saturated heterocycles. The molecule has 0 fully saturated rings. The van der Waals surface area contributed by atoms with Crippen LogP contribution in [0.3, 0.4) is 0 Å². The van der Waals surface area contributed by atoms with Crippen LogP contribution in [0, 0.1) is 6.92 Å². The number of nitrogens with one attached hydrogen (secondary N) is 1. The van der Waals surface area contributed by atoms with E-state index in [4.69, 9.17) is 4.74 Å². The number of rotatable bonds is 8. The van der Waals surface area contributed by atoms with Crippen molar-refractivity contribution in [1.29, 1.82) is 0 Å². The largest absolute Gasteiger partial charge is 0.497 e. The topological polar surface area (TPSA) is 75.7 Å². The molecule has 32 heavy (non-hydrogen) atoms. The zero-order chi connectivity index (χ0) is 23.3. The van der Waals surface area contributed by atoms with Gasteiger partial charge in [-0.3, -0.25) is 9.10 Å². The number of anilines is 2. The van der Waals surface area contributed by atoms with Gasteiger partial charge >= 0.3 is 0 Å². The molecule has 3 aromatic rings. The van der Waals surface area contributed by atoms with E-state index in [-0.39, 0.29) is 11.4 Å². The molecule has 0 unspecified atom stereocenters. The van der Waals surface area contributed by atoms with Gasteiger partial charge in [-0.15, -0.1) is 0 Å². The van der Waals surface area contributed by atoms with Crippen LogP contribution in [0.25, 0.3) is 0 Å². The standard InChI is InChI=1S/C25H28N2O4S/c1-18(2)20-7-9-21(10-8-20)26-25(28)17-27(22-11-13-23(31-4)14-12-22)32(29,30)24-15-5-19(3)6-16-24/h5-16,18H,17H2,1-4H3,(H,26,28). The molecule has 3 aromatic carbocycles. The maximum absolute atomic E-state index is 13.4. The summed E-state index contributed by atoms with van der Waals surface area (Å²) in [6.07, 6.45) is 0. The zero-order valence-electron chi connectivity index (χ0n) is 18.7. The molecule has 7 heteroatoms. The minimum atomic E-state index is -3.96. The molecule has 0 aliphatic heterocycles. The number of carbonyl (C=O) groups excluding carboxylic acids is 1. The number of ether oxygens (including phenoxy) is 1. The fraction of sp³-hybridized carbons (Fsp3) is 0.240. The van der Waals surface area contributed by atoms with Crippen molar-refractivity contribution in [1.82, 2.24) is 0 Å². The number of sulfonamides is 1. The minimum absolute atomic E-state index is 0.119. The third-order valence-corrected chi connectivity index (χ3v) is 6.91. The Morgan fingerprint density at radius 1 is 0.938 bits per heavy atom. The molecule has 0 aromatic heterocycles. The summed E-state index contributed by atoms with van der Waals surface area (Å²) < 4.78 is 33.1. The van der Waals surface area contributed by atoms with Crippen LogP contribution >= 0.6 is 0 Å². The van der Waals surface area contributed by atoms with Gasteiger partial charge in [-0.2, -0.15) is 0 Å². The first-order valence-electron chi connectivity index (χ1n) is 10.3. The summed E-state index contributed by atoms with van der Waals surface area (Å²) in [5.74, 6) is 0.537. The summed E-state index contributed by atoms with van der Waals surface area (Å²) >= 11 is 0. The average molecular weight is 453 g/mol. The van der Waals surface area contributed by atoms with E-state index in [0.29, 0.717) is 23.0 Å². The Morgan fingerprint density at radius 2 is 1.53 bits per heavy atom. The summed E-state index contributed by atoms with van der Waals surface area (Å²) in [6, 6.07) is 20.7. The number of methoxy groups -OCH3 is 1. The van der Waals surface area contributed by atoms with Crippen molar-refractivity contribution in [3.05, 3.63) is 83.9 Å². The first-order chi connectivity index (χ1) is 15.2. The Bertz CT molecular complexity index is 1150. The highest BCUT2D eigenvalue weighted by molar-refractivity contribution is 7.92. The maximum Gasteiger partial charge on any atom is 0.264 e. The van der Waals surface area contributed by atoms with Crippen LogP contribution < -0.4 is 14.4 Å². The number of benzene rings is 3. The van der Waals surface area contributed by atoms with E-state index in [2.05, 4.69) is 19.2 Å². The van der Waals surface area contributed by atoms with E-state index < -0.39 is 15.9 Å². The maximum atomic E-state index is 13.4. The number of carbonyl (C=O) groups is 1. The second kappa shape index (κ2) is 9.87. The summed E-state index contributed by atoms with van der Waals surface area (Å²) in [4.78, 5) is 12.9. The Kier molecular flexibility index (Phi) is 7.20. The fourth-order valence-corrected chi connectivity index (χ4v) is 4.60. The SMILES string of the molecule is COc1ccc(N(CC(=O)Nc2ccc(C(C)C)cc2)S(=O)(=O)c2ccc(C)cc2)cc1. The van der Waals surface area contributed by atoms with Gasteiger partial charge in [0, 0.05) is 5.69 Å². The smallest absolute Gasteiger partial charge is 0.264 e. The summed E-state index contributed by atoms with van der Waals surface area (Å²) in [5.41, 5.74) is 3.09. The van der Waals surface area contributed by atoms with Gasteiger partial charge in [0.2, 0.25) is 5.91 Å². The summed E-state index contributed by atoms with van der Waals surface area (Å²) in [5, 5.41) is 2.79. The van der Waals surface area contributed by atoms with E-state index in [1.807, 2.05) is 31.2 Å². The molecule has 0 spiro atoms. The lowest BCUT2D eigenvalue weighted by atomic mass is 10.0. The van der Waals surface area contributed by atoms with Crippen LogP contribution in [0.15, 0.2) is 77.7 Å². The third-order valence-electron chi connectivity index (χ3n) is 5.12. The highest BCUT2D eigenvalue weighted by atomic mass is 32.2. The normalized spacial score (nSPS) is 11.3. The molecule has 0 aliphatic rings. The van der Waals surface area contributed by atoms with Gasteiger partial charge in [0.25, 0.3) is 10.0 Å². The van der Waals surface area contributed by atoms with Gasteiger partial charge in [0.1, 0.15) is 12.3 Å². The molecule has 0 radical (unpaired) electrons. The first kappa shape index (κ1) is 23.3. The second-order valence-electron chi connectivity index (χ2n) is 7.85. The molecule has 6 nitrogen and oxygen atoms in total. The Labute approximate surface area is 189 Å². The predicted octanol–water partition coefficient (Wildman–Crippen LogP) is 4.96. The molecule has 3 rings (SSSR count). The van der Waals surface area contributed by atoms with Crippen molar-refractivity contribution in [3.8, 4) is 5.75 Å². The summed E-state index contributed by atoms with van der Waals surface area (Å²) in [6.45, 7) is 5.70. The van der Waals surface area contributed by atoms with Crippen molar-refractivity contribution >= 4 is 27.3 Å². The molecule has 168 valence electrons. The molecule has 0 bridgehead atoms. The number of amides is 1. The average Bonchev–Trinajstić information content (AvgIpc) is 2.78. The number of hydrogen-bond acceptors (Lipinski definition) is 4. The lowest BCUT2D eigenvalue weighted by Crippen LogP contribution is -2.38. The molecule has 0 aliphatic carbocycles. The second-order valence-corrected chi connectivity index (χ2v) is 9.71. The molecule has 0 atom stereocenters. The monoisotopic (exact) mass is 452 g/mol. The van der Waals surface area contributed by atoms with Crippen LogP contribution in [0.2, 0.25) is 0 Å². The van der Waals surface area contributed by atoms with Crippen LogP contribution in [0.4, 0.5) is 11.4 Å². The molecular weight excluding hydrogens is 424 g/mol. The first-order valence-corrected chi connectivity index (χ1v) is 11.8. The Balaban J connectivity index is 1.89. The number of hydrogen-bond donors (Lipinski definition) is 1. The molecule has 1 N–H and O–H groups in total. The van der Waals surface area contributed by atoms with Crippen LogP contribution in [0.1, 0.15) is 30.9 Å². The van der Waals surface area contributed by atoms with Crippen LogP contribution in [-0.4, -0.2) is 28.0 Å². The van der Waals surface area contributed by atoms with Crippen molar-refractivity contribution in [2.45, 2.75) is 31.6 Å². The Morgan fingerprint density at radius 3 is 2.06 bits per heavy atom. The van der Waals surface area contributed by atoms with Crippen LogP contribution in [0.5, 0.6) is 5.75 Å². The van der Waals surface area contributed by atoms with E-state index >= 15 is 0 Å². The van der Waals surface area contributed by atoms with Gasteiger partial charge in [-0.05, 0) is 66.9 Å². The van der Waals surface area contributed by atoms with Gasteiger partial charge < -0.3 is 10.1 Å². The van der Waals surface area contributed by atoms with Gasteiger partial charge in [0.15, 0.2) is 0 Å². The van der Waals surface area contributed by atoms with Gasteiger partial charge in [-0.1, -0.05) is 43.7 Å². The lowest BCUT2D eigenvalue weighted by Gasteiger charge is -2.24. The van der Waals surface area contributed by atoms with E-state index in [1.54, 1.807) is 48.5 Å². The van der Waals surface area contributed by atoms with Crippen molar-refractivity contribution in [3.63, 3.8) is 0 Å². The lowest BCUT2D eigenvalue weighted by molar-refractivity contribution is -0.114. The number of aryl methyl sites for hydroxylation is 1. The number of nitrogens with zero attached hydrogens (tertiary/aromatic N) is 1. The van der Waals surface area contributed by atoms with Crippen LogP contribution in [-0.2, 0) is 14.8 Å². The van der Waals surface area contributed by atoms with E-state index in [9.17, 15) is 13.2 Å². The molecular formula is C25H28N2O4S.